The molecule has 150 valence electrons. The summed E-state index contributed by atoms with van der Waals surface area (Å²) in [6, 6.07) is 19.3. The summed E-state index contributed by atoms with van der Waals surface area (Å²) in [7, 11) is 0. The number of amides is 1. The molecule has 2 aromatic heterocycles. The van der Waals surface area contributed by atoms with Gasteiger partial charge in [-0.15, -0.1) is 0 Å². The number of rotatable bonds is 6. The number of carbonyl (C=O) groups excluding carboxylic acids is 1. The molecule has 0 fully saturated rings. The molecule has 0 aliphatic rings. The van der Waals surface area contributed by atoms with Crippen molar-refractivity contribution < 1.29 is 9.53 Å². The van der Waals surface area contributed by atoms with Crippen LogP contribution in [0, 0.1) is 6.92 Å². The zero-order chi connectivity index (χ0) is 20.9. The molecule has 2 heterocycles. The summed E-state index contributed by atoms with van der Waals surface area (Å²) < 4.78 is 7.23. The molecule has 0 aliphatic carbocycles. The van der Waals surface area contributed by atoms with Gasteiger partial charge >= 0.3 is 0 Å². The lowest BCUT2D eigenvalue weighted by atomic mass is 10.2. The zero-order valence-electron chi connectivity index (χ0n) is 16.9. The van der Waals surface area contributed by atoms with Gasteiger partial charge in [0.1, 0.15) is 5.75 Å². The first kappa shape index (κ1) is 19.4. The second-order valence-corrected chi connectivity index (χ2v) is 6.75. The highest BCUT2D eigenvalue weighted by Gasteiger charge is 2.11. The Morgan fingerprint density at radius 3 is 2.63 bits per heavy atom. The van der Waals surface area contributed by atoms with Gasteiger partial charge in [-0.25, -0.2) is 9.67 Å². The van der Waals surface area contributed by atoms with Crippen molar-refractivity contribution in [2.45, 2.75) is 13.8 Å². The van der Waals surface area contributed by atoms with Crippen molar-refractivity contribution in [3.8, 4) is 11.4 Å². The number of hydrogen-bond donors (Lipinski definition) is 1. The quantitative estimate of drug-likeness (QED) is 0.475. The highest BCUT2D eigenvalue weighted by Crippen LogP contribution is 2.23. The lowest BCUT2D eigenvalue weighted by Gasteiger charge is -2.04. The lowest BCUT2D eigenvalue weighted by molar-refractivity contribution is -0.111. The minimum atomic E-state index is -0.224. The molecular formula is C24H22N4O2. The number of aryl methyl sites for hydroxylation is 1. The van der Waals surface area contributed by atoms with Crippen molar-refractivity contribution in [3.05, 3.63) is 84.2 Å². The maximum atomic E-state index is 12.3. The van der Waals surface area contributed by atoms with E-state index in [0.717, 1.165) is 33.7 Å². The number of aromatic nitrogens is 3. The van der Waals surface area contributed by atoms with Gasteiger partial charge in [-0.05, 0) is 55.8 Å². The summed E-state index contributed by atoms with van der Waals surface area (Å²) in [5.41, 5.74) is 4.09. The van der Waals surface area contributed by atoms with Crippen molar-refractivity contribution in [1.82, 2.24) is 14.8 Å². The minimum absolute atomic E-state index is 0.224. The number of fused-ring (bicyclic) bond motifs is 1. The topological polar surface area (TPSA) is 69.0 Å². The Morgan fingerprint density at radius 2 is 1.90 bits per heavy atom. The fraction of sp³-hybridized carbons (Fsp3) is 0.125. The molecule has 30 heavy (non-hydrogen) atoms. The maximum absolute atomic E-state index is 12.3. The van der Waals surface area contributed by atoms with E-state index < -0.39 is 0 Å². The number of nitrogens with zero attached hydrogens (tertiary/aromatic N) is 3. The number of carbonyl (C=O) groups is 1. The van der Waals surface area contributed by atoms with Crippen LogP contribution < -0.4 is 10.1 Å². The summed E-state index contributed by atoms with van der Waals surface area (Å²) in [6.07, 6.45) is 4.90. The third-order valence-electron chi connectivity index (χ3n) is 4.59. The third kappa shape index (κ3) is 4.22. The van der Waals surface area contributed by atoms with Crippen molar-refractivity contribution >= 4 is 28.7 Å². The first-order chi connectivity index (χ1) is 14.6. The maximum Gasteiger partial charge on any atom is 0.248 e. The van der Waals surface area contributed by atoms with Crippen molar-refractivity contribution in [3.63, 3.8) is 0 Å². The van der Waals surface area contributed by atoms with Gasteiger partial charge < -0.3 is 10.1 Å². The van der Waals surface area contributed by atoms with E-state index >= 15 is 0 Å². The molecule has 0 spiro atoms. The molecule has 6 nitrogen and oxygen atoms in total. The monoisotopic (exact) mass is 398 g/mol. The Hall–Kier alpha value is -3.93. The highest BCUT2D eigenvalue weighted by atomic mass is 16.5. The highest BCUT2D eigenvalue weighted by molar-refractivity contribution is 6.02. The van der Waals surface area contributed by atoms with Gasteiger partial charge in [0.2, 0.25) is 5.91 Å². The predicted octanol–water partition coefficient (Wildman–Crippen LogP) is 4.78. The van der Waals surface area contributed by atoms with Gasteiger partial charge in [-0.2, -0.15) is 5.10 Å². The van der Waals surface area contributed by atoms with Gasteiger partial charge in [0.25, 0.3) is 0 Å². The second-order valence-electron chi connectivity index (χ2n) is 6.75. The van der Waals surface area contributed by atoms with Crippen LogP contribution in [0.4, 0.5) is 5.69 Å². The Bertz CT molecular complexity index is 1200. The predicted molar refractivity (Wildman–Crippen MR) is 119 cm³/mol. The molecule has 0 radical (unpaired) electrons. The summed E-state index contributed by atoms with van der Waals surface area (Å²) in [6.45, 7) is 4.50. The van der Waals surface area contributed by atoms with Crippen LogP contribution in [0.3, 0.4) is 0 Å². The van der Waals surface area contributed by atoms with Crippen molar-refractivity contribution in [2.75, 3.05) is 11.9 Å². The third-order valence-corrected chi connectivity index (χ3v) is 4.59. The van der Waals surface area contributed by atoms with E-state index in [1.807, 2.05) is 79.2 Å². The van der Waals surface area contributed by atoms with Gasteiger partial charge in [0.15, 0.2) is 5.65 Å². The molecule has 0 saturated heterocycles. The fourth-order valence-corrected chi connectivity index (χ4v) is 3.16. The van der Waals surface area contributed by atoms with E-state index in [-0.39, 0.29) is 5.91 Å². The van der Waals surface area contributed by atoms with Gasteiger partial charge in [0, 0.05) is 11.5 Å². The Labute approximate surface area is 174 Å². The molecule has 6 heteroatoms. The zero-order valence-corrected chi connectivity index (χ0v) is 16.9. The molecule has 0 bridgehead atoms. The number of para-hydroxylation sites is 1. The lowest BCUT2D eigenvalue weighted by Crippen LogP contribution is -2.08. The summed E-state index contributed by atoms with van der Waals surface area (Å²) in [4.78, 5) is 16.9. The van der Waals surface area contributed by atoms with Gasteiger partial charge in [0.05, 0.1) is 29.9 Å². The molecule has 0 unspecified atom stereocenters. The van der Waals surface area contributed by atoms with Crippen LogP contribution in [0.5, 0.6) is 5.75 Å². The second kappa shape index (κ2) is 8.61. The van der Waals surface area contributed by atoms with Crippen LogP contribution in [-0.2, 0) is 4.79 Å². The average molecular weight is 398 g/mol. The van der Waals surface area contributed by atoms with E-state index in [4.69, 9.17) is 4.74 Å². The average Bonchev–Trinajstić information content (AvgIpc) is 3.10. The van der Waals surface area contributed by atoms with Gasteiger partial charge in [-0.3, -0.25) is 4.79 Å². The van der Waals surface area contributed by atoms with Crippen LogP contribution >= 0.6 is 0 Å². The number of anilines is 1. The fourth-order valence-electron chi connectivity index (χ4n) is 3.16. The molecule has 0 saturated carbocycles. The van der Waals surface area contributed by atoms with Crippen LogP contribution in [0.2, 0.25) is 0 Å². The normalized spacial score (nSPS) is 11.1. The SMILES string of the molecule is CCOc1ccc(/C=C/C(=O)Nc2cnc3c(c2)c(C)nn3-c2ccccc2)cc1. The Kier molecular flexibility index (Phi) is 5.57. The number of pyridine rings is 1. The van der Waals surface area contributed by atoms with Crippen LogP contribution in [0.1, 0.15) is 18.2 Å². The molecule has 2 aromatic carbocycles. The van der Waals surface area contributed by atoms with Crippen molar-refractivity contribution in [1.29, 1.82) is 0 Å². The van der Waals surface area contributed by atoms with E-state index in [9.17, 15) is 4.79 Å². The largest absolute Gasteiger partial charge is 0.494 e. The summed E-state index contributed by atoms with van der Waals surface area (Å²) in [5.74, 6) is 0.586. The Morgan fingerprint density at radius 1 is 1.13 bits per heavy atom. The van der Waals surface area contributed by atoms with Crippen LogP contribution in [0.15, 0.2) is 72.9 Å². The van der Waals surface area contributed by atoms with Crippen molar-refractivity contribution in [2.24, 2.45) is 0 Å². The van der Waals surface area contributed by atoms with Crippen LogP contribution in [0.25, 0.3) is 22.8 Å². The number of hydrogen-bond acceptors (Lipinski definition) is 4. The minimum Gasteiger partial charge on any atom is -0.494 e. The number of ether oxygens (including phenoxy) is 1. The molecule has 4 aromatic rings. The van der Waals surface area contributed by atoms with E-state index in [1.54, 1.807) is 12.3 Å². The number of nitrogens with one attached hydrogen (secondary N) is 1. The van der Waals surface area contributed by atoms with E-state index in [2.05, 4.69) is 15.4 Å². The molecule has 0 atom stereocenters. The molecule has 1 N–H and O–H groups in total. The summed E-state index contributed by atoms with van der Waals surface area (Å²) in [5, 5.41) is 8.35. The molecule has 1 amide bonds. The molecular weight excluding hydrogens is 376 g/mol. The summed E-state index contributed by atoms with van der Waals surface area (Å²) >= 11 is 0. The van der Waals surface area contributed by atoms with E-state index in [1.165, 1.54) is 6.08 Å². The standard InChI is InChI=1S/C24H22N4O2/c1-3-30-21-12-9-18(10-13-21)11-14-23(29)26-19-15-22-17(2)27-28(24(22)25-16-19)20-7-5-4-6-8-20/h4-16H,3H2,1-2H3,(H,26,29)/b14-11+. The molecule has 4 rings (SSSR count). The Balaban J connectivity index is 1.50. The van der Waals surface area contributed by atoms with E-state index in [0.29, 0.717) is 12.3 Å². The number of benzene rings is 2. The first-order valence-electron chi connectivity index (χ1n) is 9.77. The molecule has 0 aliphatic heterocycles. The first-order valence-corrected chi connectivity index (χ1v) is 9.77. The van der Waals surface area contributed by atoms with Crippen LogP contribution in [-0.4, -0.2) is 27.3 Å². The smallest absolute Gasteiger partial charge is 0.248 e. The van der Waals surface area contributed by atoms with Gasteiger partial charge in [-0.1, -0.05) is 30.3 Å².